The standard InChI is InChI=1S/C31H37N3O7S/c1-8-40-23-15-16-24-25(19-23)33(31(5,6)20-30(2,3)4)29(36)34(24)42(37,38)27-17-14-21(18-26(27)39-7)28(35)32-41-22-12-10-9-11-13-22/h9-19H,8,20H2,1-7H3,(H,32,35). The molecule has 0 saturated heterocycles. The van der Waals surface area contributed by atoms with Gasteiger partial charge in [-0.25, -0.2) is 13.2 Å². The first kappa shape index (κ1) is 30.7. The number of amides is 1. The molecule has 0 atom stereocenters. The van der Waals surface area contributed by atoms with Gasteiger partial charge in [-0.1, -0.05) is 39.0 Å². The minimum atomic E-state index is -4.49. The van der Waals surface area contributed by atoms with E-state index in [-0.39, 0.29) is 27.1 Å². The van der Waals surface area contributed by atoms with Crippen LogP contribution in [-0.4, -0.2) is 36.6 Å². The zero-order chi connectivity index (χ0) is 30.9. The number of hydrogen-bond acceptors (Lipinski definition) is 7. The molecule has 0 aliphatic heterocycles. The largest absolute Gasteiger partial charge is 0.495 e. The Morgan fingerprint density at radius 1 is 0.905 bits per heavy atom. The summed E-state index contributed by atoms with van der Waals surface area (Å²) in [5.74, 6) is 0.234. The van der Waals surface area contributed by atoms with Gasteiger partial charge in [0, 0.05) is 17.2 Å². The molecule has 0 fully saturated rings. The minimum absolute atomic E-state index is 0.101. The first-order valence-electron chi connectivity index (χ1n) is 13.6. The predicted molar refractivity (Wildman–Crippen MR) is 161 cm³/mol. The Hall–Kier alpha value is -4.25. The van der Waals surface area contributed by atoms with Gasteiger partial charge in [0.25, 0.3) is 15.9 Å². The monoisotopic (exact) mass is 595 g/mol. The van der Waals surface area contributed by atoms with Crippen molar-refractivity contribution in [1.29, 1.82) is 0 Å². The molecule has 0 saturated carbocycles. The molecular formula is C31H37N3O7S. The van der Waals surface area contributed by atoms with Crippen molar-refractivity contribution in [1.82, 2.24) is 14.0 Å². The Labute approximate surface area is 245 Å². The third-order valence-corrected chi connectivity index (χ3v) is 8.33. The van der Waals surface area contributed by atoms with E-state index in [4.69, 9.17) is 14.3 Å². The molecule has 10 nitrogen and oxygen atoms in total. The second-order valence-corrected chi connectivity index (χ2v) is 13.5. The number of fused-ring (bicyclic) bond motifs is 1. The van der Waals surface area contributed by atoms with E-state index >= 15 is 0 Å². The molecule has 4 aromatic rings. The van der Waals surface area contributed by atoms with Crippen LogP contribution in [0.2, 0.25) is 0 Å². The fourth-order valence-electron chi connectivity index (χ4n) is 5.37. The van der Waals surface area contributed by atoms with Crippen LogP contribution in [0.4, 0.5) is 0 Å². The van der Waals surface area contributed by atoms with Crippen molar-refractivity contribution in [2.24, 2.45) is 5.41 Å². The van der Waals surface area contributed by atoms with Crippen LogP contribution < -0.4 is 25.5 Å². The molecule has 0 bridgehead atoms. The van der Waals surface area contributed by atoms with E-state index in [1.165, 1.54) is 29.9 Å². The summed E-state index contributed by atoms with van der Waals surface area (Å²) in [4.78, 5) is 31.9. The Morgan fingerprint density at radius 3 is 2.21 bits per heavy atom. The van der Waals surface area contributed by atoms with Gasteiger partial charge < -0.3 is 14.3 Å². The van der Waals surface area contributed by atoms with E-state index in [0.717, 1.165) is 3.97 Å². The van der Waals surface area contributed by atoms with Crippen LogP contribution in [0, 0.1) is 5.41 Å². The third-order valence-electron chi connectivity index (χ3n) is 6.60. The number of hydrogen-bond donors (Lipinski definition) is 1. The average molecular weight is 596 g/mol. The maximum atomic E-state index is 14.2. The molecule has 3 aromatic carbocycles. The van der Waals surface area contributed by atoms with E-state index in [2.05, 4.69) is 26.3 Å². The third kappa shape index (κ3) is 6.15. The second-order valence-electron chi connectivity index (χ2n) is 11.7. The Morgan fingerprint density at radius 2 is 1.60 bits per heavy atom. The summed E-state index contributed by atoms with van der Waals surface area (Å²) >= 11 is 0. The first-order valence-corrected chi connectivity index (χ1v) is 15.0. The van der Waals surface area contributed by atoms with Crippen molar-refractivity contribution in [3.8, 4) is 17.2 Å². The summed E-state index contributed by atoms with van der Waals surface area (Å²) in [5, 5.41) is 0. The van der Waals surface area contributed by atoms with Gasteiger partial charge >= 0.3 is 5.69 Å². The molecule has 224 valence electrons. The van der Waals surface area contributed by atoms with Crippen molar-refractivity contribution < 1.29 is 27.5 Å². The summed E-state index contributed by atoms with van der Waals surface area (Å²) in [6.07, 6.45) is 0.593. The number of rotatable bonds is 10. The number of imidazole rings is 1. The Kier molecular flexibility index (Phi) is 8.45. The number of ether oxygens (including phenoxy) is 2. The van der Waals surface area contributed by atoms with Gasteiger partial charge in [-0.3, -0.25) is 9.36 Å². The van der Waals surface area contributed by atoms with Gasteiger partial charge in [0.15, 0.2) is 5.75 Å². The Balaban J connectivity index is 1.83. The van der Waals surface area contributed by atoms with Crippen molar-refractivity contribution in [3.05, 3.63) is 82.8 Å². The number of hydroxylamine groups is 1. The SMILES string of the molecule is CCOc1ccc2c(c1)n(C(C)(C)CC(C)(C)C)c(=O)n2S(=O)(=O)c1ccc(C(=O)NOc2ccccc2)cc1OC. The summed E-state index contributed by atoms with van der Waals surface area (Å²) in [7, 11) is -3.20. The zero-order valence-corrected chi connectivity index (χ0v) is 25.7. The van der Waals surface area contributed by atoms with E-state index in [0.29, 0.717) is 30.0 Å². The highest BCUT2D eigenvalue weighted by molar-refractivity contribution is 7.90. The molecule has 4 rings (SSSR count). The van der Waals surface area contributed by atoms with Crippen LogP contribution in [0.25, 0.3) is 11.0 Å². The van der Waals surface area contributed by atoms with Crippen molar-refractivity contribution in [3.63, 3.8) is 0 Å². The molecule has 1 N–H and O–H groups in total. The summed E-state index contributed by atoms with van der Waals surface area (Å²) in [6.45, 7) is 12.3. The van der Waals surface area contributed by atoms with Gasteiger partial charge in [0.05, 0.1) is 24.8 Å². The van der Waals surface area contributed by atoms with Gasteiger partial charge in [-0.05, 0) is 75.1 Å². The molecule has 0 unspecified atom stereocenters. The highest BCUT2D eigenvalue weighted by atomic mass is 32.2. The molecule has 1 aromatic heterocycles. The number of carbonyl (C=O) groups is 1. The van der Waals surface area contributed by atoms with E-state index < -0.39 is 27.2 Å². The molecule has 11 heteroatoms. The maximum absolute atomic E-state index is 14.2. The van der Waals surface area contributed by atoms with Crippen molar-refractivity contribution in [2.45, 2.75) is 58.4 Å². The number of para-hydroxylation sites is 1. The highest BCUT2D eigenvalue weighted by Crippen LogP contribution is 2.36. The first-order chi connectivity index (χ1) is 19.7. The lowest BCUT2D eigenvalue weighted by molar-refractivity contribution is 0.0759. The normalized spacial score (nSPS) is 12.3. The quantitative estimate of drug-likeness (QED) is 0.246. The van der Waals surface area contributed by atoms with Crippen molar-refractivity contribution >= 4 is 27.0 Å². The van der Waals surface area contributed by atoms with E-state index in [1.54, 1.807) is 42.5 Å². The fourth-order valence-corrected chi connectivity index (χ4v) is 6.91. The van der Waals surface area contributed by atoms with Gasteiger partial charge in [-0.2, -0.15) is 9.45 Å². The molecule has 0 radical (unpaired) electrons. The summed E-state index contributed by atoms with van der Waals surface area (Å²) in [5.41, 5.74) is 1.44. The van der Waals surface area contributed by atoms with E-state index in [9.17, 15) is 18.0 Å². The molecule has 0 aliphatic rings. The van der Waals surface area contributed by atoms with Crippen LogP contribution in [0.1, 0.15) is 58.3 Å². The number of methoxy groups -OCH3 is 1. The molecule has 42 heavy (non-hydrogen) atoms. The molecular weight excluding hydrogens is 558 g/mol. The molecule has 1 heterocycles. The minimum Gasteiger partial charge on any atom is -0.495 e. The predicted octanol–water partition coefficient (Wildman–Crippen LogP) is 5.34. The molecule has 1 amide bonds. The van der Waals surface area contributed by atoms with Crippen LogP contribution in [0.15, 0.2) is 76.4 Å². The summed E-state index contributed by atoms with van der Waals surface area (Å²) < 4.78 is 41.8. The molecule has 0 spiro atoms. The number of nitrogens with one attached hydrogen (secondary N) is 1. The zero-order valence-electron chi connectivity index (χ0n) is 24.9. The van der Waals surface area contributed by atoms with E-state index in [1.807, 2.05) is 26.8 Å². The lowest BCUT2D eigenvalue weighted by atomic mass is 9.81. The Bertz CT molecular complexity index is 1770. The number of carbonyl (C=O) groups excluding carboxylic acids is 1. The number of nitrogens with zero attached hydrogens (tertiary/aromatic N) is 2. The van der Waals surface area contributed by atoms with Gasteiger partial charge in [0.2, 0.25) is 0 Å². The smallest absolute Gasteiger partial charge is 0.343 e. The van der Waals surface area contributed by atoms with Gasteiger partial charge in [0.1, 0.15) is 16.4 Å². The van der Waals surface area contributed by atoms with Crippen LogP contribution >= 0.6 is 0 Å². The average Bonchev–Trinajstić information content (AvgIpc) is 3.23. The topological polar surface area (TPSA) is 118 Å². The lowest BCUT2D eigenvalue weighted by Crippen LogP contribution is -2.40. The molecule has 0 aliphatic carbocycles. The van der Waals surface area contributed by atoms with Crippen LogP contribution in [0.5, 0.6) is 17.2 Å². The number of benzene rings is 3. The van der Waals surface area contributed by atoms with Crippen LogP contribution in [0.3, 0.4) is 0 Å². The fraction of sp³-hybridized carbons (Fsp3) is 0.355. The van der Waals surface area contributed by atoms with Crippen LogP contribution in [-0.2, 0) is 15.6 Å². The summed E-state index contributed by atoms with van der Waals surface area (Å²) in [6, 6.07) is 17.4. The highest BCUT2D eigenvalue weighted by Gasteiger charge is 2.35. The lowest BCUT2D eigenvalue weighted by Gasteiger charge is -2.33. The van der Waals surface area contributed by atoms with Gasteiger partial charge in [-0.15, -0.1) is 0 Å². The van der Waals surface area contributed by atoms with Crippen molar-refractivity contribution in [2.75, 3.05) is 13.7 Å². The number of aromatic nitrogens is 2. The second kappa shape index (κ2) is 11.6. The maximum Gasteiger partial charge on any atom is 0.343 e.